The fourth-order valence-electron chi connectivity index (χ4n) is 2.92. The third-order valence-corrected chi connectivity index (χ3v) is 5.27. The largest absolute Gasteiger partial charge is 0.380 e. The maximum atomic E-state index is 11.8. The average Bonchev–Trinajstić information content (AvgIpc) is 3.07. The van der Waals surface area contributed by atoms with Crippen LogP contribution in [0.25, 0.3) is 10.2 Å². The van der Waals surface area contributed by atoms with Crippen molar-refractivity contribution in [3.05, 3.63) is 35.5 Å². The fraction of sp³-hybridized carbons (Fsp3) is 0.294. The molecule has 1 fully saturated rings. The number of amides is 1. The Balaban J connectivity index is 1.64. The van der Waals surface area contributed by atoms with Crippen LogP contribution in [0, 0.1) is 0 Å². The second kappa shape index (κ2) is 7.43. The van der Waals surface area contributed by atoms with E-state index in [1.165, 1.54) is 17.5 Å². The Hall–Kier alpha value is -2.82. The summed E-state index contributed by atoms with van der Waals surface area (Å²) in [4.78, 5) is 25.7. The minimum Gasteiger partial charge on any atom is -0.380 e. The van der Waals surface area contributed by atoms with Gasteiger partial charge >= 0.3 is 0 Å². The number of fused-ring (bicyclic) bond motifs is 1. The van der Waals surface area contributed by atoms with Crippen LogP contribution in [0.15, 0.2) is 29.9 Å². The highest BCUT2D eigenvalue weighted by Crippen LogP contribution is 2.31. The zero-order valence-electron chi connectivity index (χ0n) is 14.4. The molecule has 140 valence electrons. The standard InChI is InChI=1S/C17H19N7O2S/c18-11-7-26-5-3-12(11)23-17-21-6-10(14(19)25)15(24-17)22-13-8-27-16-9(13)2-1-4-20-16/h1-2,4,6,8,11-12H,3,5,7,18H2,(H2,19,25)(H2,21,22,23,24). The molecule has 4 rings (SSSR count). The van der Waals surface area contributed by atoms with E-state index in [-0.39, 0.29) is 17.6 Å². The van der Waals surface area contributed by atoms with Crippen molar-refractivity contribution < 1.29 is 9.53 Å². The van der Waals surface area contributed by atoms with Gasteiger partial charge in [-0.2, -0.15) is 4.98 Å². The molecular weight excluding hydrogens is 366 g/mol. The van der Waals surface area contributed by atoms with Crippen molar-refractivity contribution >= 4 is 44.9 Å². The van der Waals surface area contributed by atoms with E-state index in [1.807, 2.05) is 17.5 Å². The lowest BCUT2D eigenvalue weighted by molar-refractivity contribution is 0.0751. The lowest BCUT2D eigenvalue weighted by atomic mass is 10.1. The number of ether oxygens (including phenoxy) is 1. The molecule has 3 aromatic rings. The summed E-state index contributed by atoms with van der Waals surface area (Å²) in [5.74, 6) is 0.108. The topological polar surface area (TPSA) is 141 Å². The van der Waals surface area contributed by atoms with E-state index < -0.39 is 5.91 Å². The molecule has 1 aliphatic heterocycles. The van der Waals surface area contributed by atoms with Crippen molar-refractivity contribution in [1.29, 1.82) is 0 Å². The van der Waals surface area contributed by atoms with Crippen LogP contribution in [0.5, 0.6) is 0 Å². The van der Waals surface area contributed by atoms with Gasteiger partial charge in [-0.1, -0.05) is 0 Å². The SMILES string of the molecule is NC(=O)c1cnc(NC2CCOCC2N)nc1Nc1csc2ncccc12. The molecule has 6 N–H and O–H groups in total. The average molecular weight is 385 g/mol. The summed E-state index contributed by atoms with van der Waals surface area (Å²) in [6, 6.07) is 3.65. The lowest BCUT2D eigenvalue weighted by Gasteiger charge is -2.29. The third kappa shape index (κ3) is 3.68. The fourth-order valence-corrected chi connectivity index (χ4v) is 3.77. The lowest BCUT2D eigenvalue weighted by Crippen LogP contribution is -2.47. The van der Waals surface area contributed by atoms with E-state index in [2.05, 4.69) is 25.6 Å². The van der Waals surface area contributed by atoms with Crippen molar-refractivity contribution in [2.24, 2.45) is 11.5 Å². The van der Waals surface area contributed by atoms with Gasteiger partial charge < -0.3 is 26.8 Å². The van der Waals surface area contributed by atoms with Crippen molar-refractivity contribution in [2.75, 3.05) is 23.8 Å². The molecule has 0 saturated carbocycles. The van der Waals surface area contributed by atoms with Crippen molar-refractivity contribution in [3.8, 4) is 0 Å². The quantitative estimate of drug-likeness (QED) is 0.517. The number of hydrogen-bond acceptors (Lipinski definition) is 9. The Kier molecular flexibility index (Phi) is 4.84. The Bertz CT molecular complexity index is 977. The predicted octanol–water partition coefficient (Wildman–Crippen LogP) is 1.46. The second-order valence-corrected chi connectivity index (χ2v) is 7.09. The first-order chi connectivity index (χ1) is 13.1. The highest BCUT2D eigenvalue weighted by molar-refractivity contribution is 7.17. The number of pyridine rings is 1. The van der Waals surface area contributed by atoms with Gasteiger partial charge in [0.25, 0.3) is 5.91 Å². The molecular formula is C17H19N7O2S. The minimum atomic E-state index is -0.607. The van der Waals surface area contributed by atoms with E-state index in [9.17, 15) is 4.79 Å². The third-order valence-electron chi connectivity index (χ3n) is 4.37. The van der Waals surface area contributed by atoms with Crippen LogP contribution in [0.3, 0.4) is 0 Å². The first-order valence-corrected chi connectivity index (χ1v) is 9.35. The second-order valence-electron chi connectivity index (χ2n) is 6.23. The van der Waals surface area contributed by atoms with Crippen LogP contribution in [-0.4, -0.2) is 46.2 Å². The first-order valence-electron chi connectivity index (χ1n) is 8.48. The van der Waals surface area contributed by atoms with Crippen molar-refractivity contribution in [1.82, 2.24) is 15.0 Å². The van der Waals surface area contributed by atoms with Gasteiger partial charge in [0.05, 0.1) is 12.3 Å². The predicted molar refractivity (Wildman–Crippen MR) is 104 cm³/mol. The van der Waals surface area contributed by atoms with E-state index in [1.54, 1.807) is 6.20 Å². The van der Waals surface area contributed by atoms with Gasteiger partial charge in [-0.25, -0.2) is 9.97 Å². The normalized spacial score (nSPS) is 19.7. The van der Waals surface area contributed by atoms with Gasteiger partial charge in [0, 0.05) is 41.9 Å². The first kappa shape index (κ1) is 17.6. The van der Waals surface area contributed by atoms with E-state index in [4.69, 9.17) is 16.2 Å². The Morgan fingerprint density at radius 1 is 1.37 bits per heavy atom. The number of carbonyl (C=O) groups excluding carboxylic acids is 1. The number of primary amides is 1. The molecule has 3 aromatic heterocycles. The molecule has 0 radical (unpaired) electrons. The van der Waals surface area contributed by atoms with Crippen LogP contribution in [0.2, 0.25) is 0 Å². The van der Waals surface area contributed by atoms with E-state index in [0.717, 1.165) is 22.3 Å². The van der Waals surface area contributed by atoms with Crippen LogP contribution in [0.1, 0.15) is 16.8 Å². The van der Waals surface area contributed by atoms with Gasteiger partial charge in [-0.15, -0.1) is 11.3 Å². The molecule has 0 bridgehead atoms. The number of nitrogens with two attached hydrogens (primary N) is 2. The number of rotatable bonds is 5. The van der Waals surface area contributed by atoms with Gasteiger partial charge in [0.15, 0.2) is 0 Å². The minimum absolute atomic E-state index is 0.00259. The van der Waals surface area contributed by atoms with Gasteiger partial charge in [-0.05, 0) is 18.6 Å². The highest BCUT2D eigenvalue weighted by atomic mass is 32.1. The molecule has 4 heterocycles. The molecule has 1 aliphatic rings. The summed E-state index contributed by atoms with van der Waals surface area (Å²) >= 11 is 1.50. The number of hydrogen-bond donors (Lipinski definition) is 4. The number of aromatic nitrogens is 3. The molecule has 0 aromatic carbocycles. The molecule has 10 heteroatoms. The summed E-state index contributed by atoms with van der Waals surface area (Å²) in [7, 11) is 0. The van der Waals surface area contributed by atoms with Crippen molar-refractivity contribution in [2.45, 2.75) is 18.5 Å². The molecule has 0 aliphatic carbocycles. The molecule has 0 spiro atoms. The van der Waals surface area contributed by atoms with Gasteiger partial charge in [-0.3, -0.25) is 4.79 Å². The van der Waals surface area contributed by atoms with Crippen LogP contribution < -0.4 is 22.1 Å². The molecule has 1 amide bonds. The zero-order chi connectivity index (χ0) is 18.8. The molecule has 1 saturated heterocycles. The molecule has 2 unspecified atom stereocenters. The number of carbonyl (C=O) groups is 1. The summed E-state index contributed by atoms with van der Waals surface area (Å²) < 4.78 is 5.35. The maximum absolute atomic E-state index is 11.8. The van der Waals surface area contributed by atoms with Crippen LogP contribution in [-0.2, 0) is 4.74 Å². The highest BCUT2D eigenvalue weighted by Gasteiger charge is 2.23. The summed E-state index contributed by atoms with van der Waals surface area (Å²) in [5.41, 5.74) is 12.6. The Labute approximate surface area is 159 Å². The zero-order valence-corrected chi connectivity index (χ0v) is 15.2. The van der Waals surface area contributed by atoms with Crippen molar-refractivity contribution in [3.63, 3.8) is 0 Å². The van der Waals surface area contributed by atoms with E-state index >= 15 is 0 Å². The molecule has 9 nitrogen and oxygen atoms in total. The Morgan fingerprint density at radius 3 is 3.07 bits per heavy atom. The van der Waals surface area contributed by atoms with Gasteiger partial charge in [0.2, 0.25) is 5.95 Å². The van der Waals surface area contributed by atoms with Crippen LogP contribution in [0.4, 0.5) is 17.5 Å². The summed E-state index contributed by atoms with van der Waals surface area (Å²) in [6.07, 6.45) is 3.91. The van der Waals surface area contributed by atoms with Crippen LogP contribution >= 0.6 is 11.3 Å². The molecule has 27 heavy (non-hydrogen) atoms. The monoisotopic (exact) mass is 385 g/mol. The summed E-state index contributed by atoms with van der Waals surface area (Å²) in [6.45, 7) is 1.11. The summed E-state index contributed by atoms with van der Waals surface area (Å²) in [5, 5.41) is 9.28. The van der Waals surface area contributed by atoms with E-state index in [0.29, 0.717) is 25.0 Å². The number of anilines is 3. The Morgan fingerprint density at radius 2 is 2.26 bits per heavy atom. The smallest absolute Gasteiger partial charge is 0.254 e. The van der Waals surface area contributed by atoms with Gasteiger partial charge in [0.1, 0.15) is 16.2 Å². The number of thiophene rings is 1. The number of nitrogens with zero attached hydrogens (tertiary/aromatic N) is 3. The molecule has 2 atom stereocenters. The maximum Gasteiger partial charge on any atom is 0.254 e. The number of nitrogens with one attached hydrogen (secondary N) is 2.